The normalized spacial score (nSPS) is 58.5. The third-order valence-electron chi connectivity index (χ3n) is 2.74. The van der Waals surface area contributed by atoms with Gasteiger partial charge in [0.05, 0.1) is 0 Å². The van der Waals surface area contributed by atoms with E-state index in [0.29, 0.717) is 0 Å². The fourth-order valence-corrected chi connectivity index (χ4v) is 1.97. The van der Waals surface area contributed by atoms with E-state index in [1.54, 1.807) is 6.92 Å². The summed E-state index contributed by atoms with van der Waals surface area (Å²) in [5.41, 5.74) is 0. The van der Waals surface area contributed by atoms with Crippen molar-refractivity contribution in [2.24, 2.45) is 0 Å². The van der Waals surface area contributed by atoms with E-state index in [1.165, 1.54) is 0 Å². The van der Waals surface area contributed by atoms with Crippen LogP contribution < -0.4 is 0 Å². The molecule has 1 aliphatic heterocycles. The maximum absolute atomic E-state index is 9.53. The summed E-state index contributed by atoms with van der Waals surface area (Å²) in [6, 6.07) is 0. The zero-order chi connectivity index (χ0) is 10.5. The lowest BCUT2D eigenvalue weighted by Crippen LogP contribution is -2.62. The van der Waals surface area contributed by atoms with E-state index in [2.05, 4.69) is 0 Å². The number of hydrogen-bond donors (Lipinski definition) is 4. The molecule has 14 heavy (non-hydrogen) atoms. The van der Waals surface area contributed by atoms with E-state index in [1.807, 2.05) is 0 Å². The lowest BCUT2D eigenvalue weighted by molar-refractivity contribution is -0.192. The summed E-state index contributed by atoms with van der Waals surface area (Å²) in [5, 5.41) is 37.8. The molecule has 0 amide bonds. The minimum absolute atomic E-state index is 0.549. The highest BCUT2D eigenvalue weighted by Gasteiger charge is 2.54. The average Bonchev–Trinajstić information content (AvgIpc) is 2.54. The predicted octanol–water partition coefficient (Wildman–Crippen LogP) is -2.43. The molecule has 0 spiro atoms. The summed E-state index contributed by atoms with van der Waals surface area (Å²) in [4.78, 5) is 0. The SMILES string of the molecule is CC1O[C@@H]2[C@@H](O)[C@H](O)[C@@H](O)[C@H](O)[C@@H]2O1. The monoisotopic (exact) mass is 206 g/mol. The van der Waals surface area contributed by atoms with Crippen LogP contribution in [0.3, 0.4) is 0 Å². The van der Waals surface area contributed by atoms with Gasteiger partial charge in [0.2, 0.25) is 0 Å². The zero-order valence-electron chi connectivity index (χ0n) is 7.65. The summed E-state index contributed by atoms with van der Waals surface area (Å²) in [5.74, 6) is 0. The molecule has 1 saturated carbocycles. The molecule has 7 atom stereocenters. The maximum atomic E-state index is 9.53. The quantitative estimate of drug-likeness (QED) is 0.352. The van der Waals surface area contributed by atoms with Crippen molar-refractivity contribution in [3.8, 4) is 0 Å². The van der Waals surface area contributed by atoms with Crippen molar-refractivity contribution in [2.75, 3.05) is 0 Å². The molecule has 6 nitrogen and oxygen atoms in total. The van der Waals surface area contributed by atoms with Crippen LogP contribution in [0.5, 0.6) is 0 Å². The second kappa shape index (κ2) is 3.41. The van der Waals surface area contributed by atoms with Crippen molar-refractivity contribution < 1.29 is 29.9 Å². The summed E-state index contributed by atoms with van der Waals surface area (Å²) < 4.78 is 10.3. The second-order valence-corrected chi connectivity index (χ2v) is 3.73. The highest BCUT2D eigenvalue weighted by Crippen LogP contribution is 2.32. The molecule has 0 aromatic carbocycles. The third kappa shape index (κ3) is 1.35. The number of aliphatic hydroxyl groups excluding tert-OH is 4. The molecule has 1 heterocycles. The van der Waals surface area contributed by atoms with Crippen LogP contribution in [-0.2, 0) is 9.47 Å². The van der Waals surface area contributed by atoms with Crippen LogP contribution >= 0.6 is 0 Å². The Morgan fingerprint density at radius 3 is 1.43 bits per heavy atom. The highest BCUT2D eigenvalue weighted by atomic mass is 16.7. The second-order valence-electron chi connectivity index (χ2n) is 3.73. The zero-order valence-corrected chi connectivity index (χ0v) is 7.65. The van der Waals surface area contributed by atoms with E-state index in [4.69, 9.17) is 9.47 Å². The summed E-state index contributed by atoms with van der Waals surface area (Å²) >= 11 is 0. The van der Waals surface area contributed by atoms with Gasteiger partial charge in [-0.05, 0) is 6.92 Å². The molecule has 2 fully saturated rings. The molecular weight excluding hydrogens is 192 g/mol. The fourth-order valence-electron chi connectivity index (χ4n) is 1.97. The van der Waals surface area contributed by atoms with Gasteiger partial charge in [-0.2, -0.15) is 0 Å². The van der Waals surface area contributed by atoms with E-state index in [0.717, 1.165) is 0 Å². The first kappa shape index (κ1) is 10.3. The van der Waals surface area contributed by atoms with Crippen LogP contribution in [0, 0.1) is 0 Å². The van der Waals surface area contributed by atoms with Crippen molar-refractivity contribution in [3.63, 3.8) is 0 Å². The number of fused-ring (bicyclic) bond motifs is 1. The van der Waals surface area contributed by atoms with Gasteiger partial charge in [-0.25, -0.2) is 0 Å². The molecule has 1 unspecified atom stereocenters. The number of rotatable bonds is 0. The Morgan fingerprint density at radius 2 is 1.07 bits per heavy atom. The lowest BCUT2D eigenvalue weighted by atomic mass is 9.85. The number of hydrogen-bond acceptors (Lipinski definition) is 6. The molecule has 0 aromatic rings. The van der Waals surface area contributed by atoms with E-state index < -0.39 is 42.9 Å². The highest BCUT2D eigenvalue weighted by molar-refractivity contribution is 5.02. The molecule has 0 bridgehead atoms. The Morgan fingerprint density at radius 1 is 0.714 bits per heavy atom. The van der Waals surface area contributed by atoms with Gasteiger partial charge in [0.1, 0.15) is 36.6 Å². The predicted molar refractivity (Wildman–Crippen MR) is 43.2 cm³/mol. The third-order valence-corrected chi connectivity index (χ3v) is 2.74. The first-order valence-electron chi connectivity index (χ1n) is 4.55. The Balaban J connectivity index is 2.19. The van der Waals surface area contributed by atoms with Gasteiger partial charge in [-0.1, -0.05) is 0 Å². The van der Waals surface area contributed by atoms with Gasteiger partial charge in [0, 0.05) is 0 Å². The van der Waals surface area contributed by atoms with Gasteiger partial charge < -0.3 is 29.9 Å². The van der Waals surface area contributed by atoms with Crippen molar-refractivity contribution in [3.05, 3.63) is 0 Å². The van der Waals surface area contributed by atoms with Gasteiger partial charge in [-0.3, -0.25) is 0 Å². The van der Waals surface area contributed by atoms with E-state index >= 15 is 0 Å². The van der Waals surface area contributed by atoms with Gasteiger partial charge in [-0.15, -0.1) is 0 Å². The van der Waals surface area contributed by atoms with Gasteiger partial charge >= 0.3 is 0 Å². The summed E-state index contributed by atoms with van der Waals surface area (Å²) in [6.45, 7) is 1.62. The van der Waals surface area contributed by atoms with Crippen LogP contribution in [0.1, 0.15) is 6.92 Å². The minimum atomic E-state index is -1.40. The molecule has 4 N–H and O–H groups in total. The van der Waals surface area contributed by atoms with E-state index in [-0.39, 0.29) is 0 Å². The Kier molecular flexibility index (Phi) is 2.50. The molecule has 2 aliphatic rings. The Hall–Kier alpha value is -0.240. The standard InChI is InChI=1S/C8H14O6/c1-2-13-7-5(11)3(9)4(10)6(12)8(7)14-2/h2-12H,1H3/t2?,3-,4-,5+,6+,7-,8+/m1/s1. The molecule has 6 heteroatoms. The first-order chi connectivity index (χ1) is 6.52. The molecule has 1 saturated heterocycles. The molecule has 82 valence electrons. The number of ether oxygens (including phenoxy) is 2. The van der Waals surface area contributed by atoms with Crippen molar-refractivity contribution >= 4 is 0 Å². The summed E-state index contributed by atoms with van der Waals surface area (Å²) in [6.07, 6.45) is -7.38. The minimum Gasteiger partial charge on any atom is -0.387 e. The molecule has 2 rings (SSSR count). The van der Waals surface area contributed by atoms with Gasteiger partial charge in [0.15, 0.2) is 6.29 Å². The molecular formula is C8H14O6. The number of aliphatic hydroxyl groups is 4. The van der Waals surface area contributed by atoms with Crippen molar-refractivity contribution in [2.45, 2.75) is 49.8 Å². The van der Waals surface area contributed by atoms with Crippen LogP contribution in [0.2, 0.25) is 0 Å². The average molecular weight is 206 g/mol. The topological polar surface area (TPSA) is 99.4 Å². The van der Waals surface area contributed by atoms with E-state index in [9.17, 15) is 20.4 Å². The first-order valence-corrected chi connectivity index (χ1v) is 4.55. The van der Waals surface area contributed by atoms with Crippen molar-refractivity contribution in [1.82, 2.24) is 0 Å². The fraction of sp³-hybridized carbons (Fsp3) is 1.00. The Bertz CT molecular complexity index is 200. The van der Waals surface area contributed by atoms with Crippen molar-refractivity contribution in [1.29, 1.82) is 0 Å². The lowest BCUT2D eigenvalue weighted by Gasteiger charge is -2.38. The smallest absolute Gasteiger partial charge is 0.156 e. The van der Waals surface area contributed by atoms with Crippen LogP contribution in [-0.4, -0.2) is 63.3 Å². The molecule has 0 radical (unpaired) electrons. The van der Waals surface area contributed by atoms with Crippen LogP contribution in [0.15, 0.2) is 0 Å². The van der Waals surface area contributed by atoms with Crippen LogP contribution in [0.4, 0.5) is 0 Å². The molecule has 1 aliphatic carbocycles. The maximum Gasteiger partial charge on any atom is 0.156 e. The largest absolute Gasteiger partial charge is 0.387 e. The van der Waals surface area contributed by atoms with Gasteiger partial charge in [0.25, 0.3) is 0 Å². The molecule has 0 aromatic heterocycles. The Labute approximate surface area is 80.7 Å². The summed E-state index contributed by atoms with van der Waals surface area (Å²) in [7, 11) is 0. The van der Waals surface area contributed by atoms with Crippen LogP contribution in [0.25, 0.3) is 0 Å².